The number of unbranched alkanes of at least 4 members (excludes halogenated alkanes) is 1. The standard InChI is InChI=1S/C14H20N2O3/c15-10-2-1-3-13(17)16-12-7-4-11(5-8-12)6-9-14(18)19/h4-5,7-8H,1-3,6,9-10,15H2,(H,16,17)(H,18,19). The van der Waals surface area contributed by atoms with Gasteiger partial charge in [0.2, 0.25) is 5.91 Å². The van der Waals surface area contributed by atoms with Crippen molar-refractivity contribution in [3.8, 4) is 0 Å². The van der Waals surface area contributed by atoms with Crippen molar-refractivity contribution in [3.63, 3.8) is 0 Å². The zero-order valence-electron chi connectivity index (χ0n) is 10.9. The summed E-state index contributed by atoms with van der Waals surface area (Å²) in [5.41, 5.74) is 7.04. The van der Waals surface area contributed by atoms with E-state index >= 15 is 0 Å². The minimum absolute atomic E-state index is 0.0215. The molecule has 19 heavy (non-hydrogen) atoms. The fraction of sp³-hybridized carbons (Fsp3) is 0.429. The van der Waals surface area contributed by atoms with Crippen molar-refractivity contribution < 1.29 is 14.7 Å². The van der Waals surface area contributed by atoms with Crippen LogP contribution in [0.3, 0.4) is 0 Å². The Kier molecular flexibility index (Phi) is 6.60. The van der Waals surface area contributed by atoms with Crippen LogP contribution in [0.2, 0.25) is 0 Å². The first kappa shape index (κ1) is 15.2. The zero-order chi connectivity index (χ0) is 14.1. The topological polar surface area (TPSA) is 92.4 Å². The maximum absolute atomic E-state index is 11.6. The molecule has 0 bridgehead atoms. The Hall–Kier alpha value is -1.88. The molecular formula is C14H20N2O3. The van der Waals surface area contributed by atoms with Crippen LogP contribution in [-0.4, -0.2) is 23.5 Å². The van der Waals surface area contributed by atoms with Crippen LogP contribution in [-0.2, 0) is 16.0 Å². The van der Waals surface area contributed by atoms with Gasteiger partial charge in [-0.3, -0.25) is 9.59 Å². The third-order valence-electron chi connectivity index (χ3n) is 2.72. The number of amides is 1. The molecule has 5 nitrogen and oxygen atoms in total. The summed E-state index contributed by atoms with van der Waals surface area (Å²) in [7, 11) is 0. The third-order valence-corrected chi connectivity index (χ3v) is 2.72. The van der Waals surface area contributed by atoms with E-state index in [1.54, 1.807) is 12.1 Å². The lowest BCUT2D eigenvalue weighted by Crippen LogP contribution is -2.12. The molecule has 5 heteroatoms. The van der Waals surface area contributed by atoms with E-state index in [0.717, 1.165) is 24.1 Å². The maximum Gasteiger partial charge on any atom is 0.303 e. The van der Waals surface area contributed by atoms with Crippen LogP contribution in [0.4, 0.5) is 5.69 Å². The molecule has 1 aromatic carbocycles. The van der Waals surface area contributed by atoms with Gasteiger partial charge in [-0.25, -0.2) is 0 Å². The van der Waals surface area contributed by atoms with Crippen molar-refractivity contribution in [2.24, 2.45) is 5.73 Å². The average molecular weight is 264 g/mol. The zero-order valence-corrected chi connectivity index (χ0v) is 10.9. The summed E-state index contributed by atoms with van der Waals surface area (Å²) < 4.78 is 0. The number of carbonyl (C=O) groups is 2. The number of hydrogen-bond acceptors (Lipinski definition) is 3. The molecule has 0 saturated heterocycles. The number of anilines is 1. The molecule has 0 fully saturated rings. The highest BCUT2D eigenvalue weighted by atomic mass is 16.4. The number of aryl methyl sites for hydroxylation is 1. The van der Waals surface area contributed by atoms with Gasteiger partial charge in [0.05, 0.1) is 0 Å². The van der Waals surface area contributed by atoms with E-state index in [1.165, 1.54) is 0 Å². The van der Waals surface area contributed by atoms with Gasteiger partial charge in [0.15, 0.2) is 0 Å². The number of nitrogens with one attached hydrogen (secondary N) is 1. The van der Waals surface area contributed by atoms with Gasteiger partial charge in [-0.1, -0.05) is 12.1 Å². The third kappa shape index (κ3) is 6.57. The first-order valence-electron chi connectivity index (χ1n) is 6.42. The second-order valence-corrected chi connectivity index (χ2v) is 4.38. The molecule has 4 N–H and O–H groups in total. The summed E-state index contributed by atoms with van der Waals surface area (Å²) in [6, 6.07) is 7.24. The molecule has 0 atom stereocenters. The normalized spacial score (nSPS) is 10.2. The van der Waals surface area contributed by atoms with Crippen molar-refractivity contribution in [3.05, 3.63) is 29.8 Å². The van der Waals surface area contributed by atoms with E-state index < -0.39 is 5.97 Å². The van der Waals surface area contributed by atoms with Crippen LogP contribution in [0.25, 0.3) is 0 Å². The Morgan fingerprint density at radius 1 is 1.11 bits per heavy atom. The largest absolute Gasteiger partial charge is 0.481 e. The summed E-state index contributed by atoms with van der Waals surface area (Å²) in [4.78, 5) is 22.0. The maximum atomic E-state index is 11.6. The van der Waals surface area contributed by atoms with E-state index in [1.807, 2.05) is 12.1 Å². The molecular weight excluding hydrogens is 244 g/mol. The molecule has 1 amide bonds. The predicted octanol–water partition coefficient (Wildman–Crippen LogP) is 1.77. The van der Waals surface area contributed by atoms with E-state index in [9.17, 15) is 9.59 Å². The van der Waals surface area contributed by atoms with E-state index in [0.29, 0.717) is 19.4 Å². The van der Waals surface area contributed by atoms with E-state index in [-0.39, 0.29) is 12.3 Å². The number of carbonyl (C=O) groups excluding carboxylic acids is 1. The quantitative estimate of drug-likeness (QED) is 0.624. The van der Waals surface area contributed by atoms with Crippen LogP contribution in [0.1, 0.15) is 31.2 Å². The molecule has 0 aliphatic carbocycles. The van der Waals surface area contributed by atoms with Gasteiger partial charge in [0, 0.05) is 18.5 Å². The van der Waals surface area contributed by atoms with Crippen LogP contribution in [0.15, 0.2) is 24.3 Å². The minimum Gasteiger partial charge on any atom is -0.481 e. The number of rotatable bonds is 8. The highest BCUT2D eigenvalue weighted by Crippen LogP contribution is 2.12. The molecule has 0 radical (unpaired) electrons. The molecule has 1 aromatic rings. The molecule has 0 saturated carbocycles. The smallest absolute Gasteiger partial charge is 0.303 e. The highest BCUT2D eigenvalue weighted by Gasteiger charge is 2.03. The van der Waals surface area contributed by atoms with Gasteiger partial charge in [0.1, 0.15) is 0 Å². The Labute approximate surface area is 112 Å². The second kappa shape index (κ2) is 8.26. The fourth-order valence-electron chi connectivity index (χ4n) is 1.66. The Balaban J connectivity index is 2.39. The van der Waals surface area contributed by atoms with Crippen LogP contribution in [0, 0.1) is 0 Å². The summed E-state index contributed by atoms with van der Waals surface area (Å²) in [5.74, 6) is -0.830. The summed E-state index contributed by atoms with van der Waals surface area (Å²) in [5, 5.41) is 11.4. The number of carboxylic acids is 1. The Bertz CT molecular complexity index is 415. The van der Waals surface area contributed by atoms with Crippen molar-refractivity contribution in [1.29, 1.82) is 0 Å². The molecule has 0 heterocycles. The van der Waals surface area contributed by atoms with Crippen LogP contribution in [0.5, 0.6) is 0 Å². The molecule has 0 spiro atoms. The van der Waals surface area contributed by atoms with Gasteiger partial charge in [0.25, 0.3) is 0 Å². The highest BCUT2D eigenvalue weighted by molar-refractivity contribution is 5.90. The summed E-state index contributed by atoms with van der Waals surface area (Å²) >= 11 is 0. The van der Waals surface area contributed by atoms with Gasteiger partial charge < -0.3 is 16.2 Å². The van der Waals surface area contributed by atoms with Gasteiger partial charge in [-0.05, 0) is 43.5 Å². The molecule has 0 aliphatic rings. The van der Waals surface area contributed by atoms with Crippen LogP contribution < -0.4 is 11.1 Å². The summed E-state index contributed by atoms with van der Waals surface area (Å²) in [6.07, 6.45) is 2.73. The molecule has 0 aromatic heterocycles. The lowest BCUT2D eigenvalue weighted by Gasteiger charge is -2.06. The summed E-state index contributed by atoms with van der Waals surface area (Å²) in [6.45, 7) is 0.603. The molecule has 1 rings (SSSR count). The first-order valence-corrected chi connectivity index (χ1v) is 6.42. The van der Waals surface area contributed by atoms with Crippen LogP contribution >= 0.6 is 0 Å². The number of benzene rings is 1. The predicted molar refractivity (Wildman–Crippen MR) is 73.9 cm³/mol. The fourth-order valence-corrected chi connectivity index (χ4v) is 1.66. The van der Waals surface area contributed by atoms with Crippen molar-refractivity contribution in [1.82, 2.24) is 0 Å². The van der Waals surface area contributed by atoms with E-state index in [2.05, 4.69) is 5.32 Å². The van der Waals surface area contributed by atoms with E-state index in [4.69, 9.17) is 10.8 Å². The van der Waals surface area contributed by atoms with Crippen molar-refractivity contribution in [2.45, 2.75) is 32.1 Å². The van der Waals surface area contributed by atoms with Crippen molar-refractivity contribution >= 4 is 17.6 Å². The van der Waals surface area contributed by atoms with Gasteiger partial charge in [-0.2, -0.15) is 0 Å². The minimum atomic E-state index is -0.808. The SMILES string of the molecule is NCCCCC(=O)Nc1ccc(CCC(=O)O)cc1. The first-order chi connectivity index (χ1) is 9.11. The Morgan fingerprint density at radius 3 is 2.37 bits per heavy atom. The number of aliphatic carboxylic acids is 1. The average Bonchev–Trinajstić information content (AvgIpc) is 2.38. The molecule has 0 unspecified atom stereocenters. The monoisotopic (exact) mass is 264 g/mol. The molecule has 104 valence electrons. The van der Waals surface area contributed by atoms with Gasteiger partial charge in [-0.15, -0.1) is 0 Å². The lowest BCUT2D eigenvalue weighted by molar-refractivity contribution is -0.137. The second-order valence-electron chi connectivity index (χ2n) is 4.38. The number of hydrogen-bond donors (Lipinski definition) is 3. The lowest BCUT2D eigenvalue weighted by atomic mass is 10.1. The molecule has 0 aliphatic heterocycles. The Morgan fingerprint density at radius 2 is 1.79 bits per heavy atom. The number of carboxylic acid groups (broad SMARTS) is 1. The number of nitrogens with two attached hydrogens (primary N) is 1. The van der Waals surface area contributed by atoms with Crippen molar-refractivity contribution in [2.75, 3.05) is 11.9 Å². The van der Waals surface area contributed by atoms with Gasteiger partial charge >= 0.3 is 5.97 Å².